The third-order valence-electron chi connectivity index (χ3n) is 5.11. The summed E-state index contributed by atoms with van der Waals surface area (Å²) in [5, 5.41) is 2.89. The fraction of sp³-hybridized carbons (Fsp3) is 0.381. The van der Waals surface area contributed by atoms with E-state index in [0.717, 1.165) is 17.7 Å². The van der Waals surface area contributed by atoms with Gasteiger partial charge in [-0.3, -0.25) is 9.69 Å². The fourth-order valence-corrected chi connectivity index (χ4v) is 4.90. The molecule has 2 aromatic carbocycles. The molecule has 1 amide bonds. The summed E-state index contributed by atoms with van der Waals surface area (Å²) in [6.07, 6.45) is 0.585. The second-order valence-corrected chi connectivity index (χ2v) is 9.27. The van der Waals surface area contributed by atoms with Gasteiger partial charge in [0.25, 0.3) is 0 Å². The van der Waals surface area contributed by atoms with E-state index in [9.17, 15) is 22.0 Å². The number of carbonyl (C=O) groups is 1. The lowest BCUT2D eigenvalue weighted by atomic mass is 10.1. The normalized spacial score (nSPS) is 17.3. The summed E-state index contributed by atoms with van der Waals surface area (Å²) in [4.78, 5) is 14.4. The zero-order valence-electron chi connectivity index (χ0n) is 16.7. The van der Waals surface area contributed by atoms with Gasteiger partial charge in [0.15, 0.2) is 0 Å². The van der Waals surface area contributed by atoms with E-state index < -0.39 is 15.8 Å². The van der Waals surface area contributed by atoms with Crippen molar-refractivity contribution in [1.29, 1.82) is 0 Å². The lowest BCUT2D eigenvalue weighted by Gasteiger charge is -2.22. The summed E-state index contributed by atoms with van der Waals surface area (Å²) in [5.41, 5.74) is 0.803. The average molecular weight is 438 g/mol. The Morgan fingerprint density at radius 2 is 1.57 bits per heavy atom. The molecule has 1 aliphatic rings. The van der Waals surface area contributed by atoms with E-state index in [1.54, 1.807) is 12.1 Å². The van der Waals surface area contributed by atoms with Crippen molar-refractivity contribution in [1.82, 2.24) is 14.5 Å². The van der Waals surface area contributed by atoms with Crippen LogP contribution in [-0.4, -0.2) is 56.3 Å². The number of sulfonamides is 1. The van der Waals surface area contributed by atoms with Crippen molar-refractivity contribution in [3.05, 3.63) is 65.7 Å². The molecule has 1 heterocycles. The van der Waals surface area contributed by atoms with Gasteiger partial charge in [-0.05, 0) is 61.9 Å². The van der Waals surface area contributed by atoms with Crippen LogP contribution in [0.3, 0.4) is 0 Å². The maximum absolute atomic E-state index is 13.1. The molecule has 30 heavy (non-hydrogen) atoms. The largest absolute Gasteiger partial charge is 0.348 e. The van der Waals surface area contributed by atoms with E-state index in [-0.39, 0.29) is 35.8 Å². The lowest BCUT2D eigenvalue weighted by Crippen LogP contribution is -2.40. The van der Waals surface area contributed by atoms with Crippen molar-refractivity contribution in [3.8, 4) is 0 Å². The zero-order chi connectivity index (χ0) is 21.7. The van der Waals surface area contributed by atoms with Crippen molar-refractivity contribution in [2.24, 2.45) is 0 Å². The first kappa shape index (κ1) is 22.3. The molecule has 0 saturated carbocycles. The predicted molar refractivity (Wildman–Crippen MR) is 109 cm³/mol. The molecule has 0 aliphatic carbocycles. The monoisotopic (exact) mass is 437 g/mol. The summed E-state index contributed by atoms with van der Waals surface area (Å²) in [7, 11) is -3.70. The molecule has 9 heteroatoms. The minimum atomic E-state index is -3.70. The van der Waals surface area contributed by atoms with Crippen LogP contribution in [0.4, 0.5) is 8.78 Å². The van der Waals surface area contributed by atoms with Gasteiger partial charge >= 0.3 is 0 Å². The highest BCUT2D eigenvalue weighted by Gasteiger charge is 2.27. The van der Waals surface area contributed by atoms with Crippen LogP contribution in [0, 0.1) is 11.6 Å². The van der Waals surface area contributed by atoms with Crippen LogP contribution in [0.15, 0.2) is 53.4 Å². The van der Waals surface area contributed by atoms with Crippen LogP contribution in [0.25, 0.3) is 0 Å². The molecule has 0 spiro atoms. The lowest BCUT2D eigenvalue weighted by molar-refractivity contribution is -0.122. The highest BCUT2D eigenvalue weighted by Crippen LogP contribution is 2.18. The quantitative estimate of drug-likeness (QED) is 0.754. The first-order chi connectivity index (χ1) is 14.3. The molecule has 0 radical (unpaired) electrons. The summed E-state index contributed by atoms with van der Waals surface area (Å²) < 4.78 is 53.1. The number of hydrogen-bond donors (Lipinski definition) is 1. The molecule has 2 aromatic rings. The van der Waals surface area contributed by atoms with E-state index in [2.05, 4.69) is 5.32 Å². The van der Waals surface area contributed by atoms with Crippen molar-refractivity contribution in [3.63, 3.8) is 0 Å². The van der Waals surface area contributed by atoms with Gasteiger partial charge in [0.2, 0.25) is 15.9 Å². The highest BCUT2D eigenvalue weighted by atomic mass is 32.2. The number of rotatable bonds is 6. The molecule has 162 valence electrons. The van der Waals surface area contributed by atoms with Crippen molar-refractivity contribution >= 4 is 15.9 Å². The van der Waals surface area contributed by atoms with Gasteiger partial charge in [-0.25, -0.2) is 17.2 Å². The third-order valence-corrected chi connectivity index (χ3v) is 7.03. The number of halogens is 2. The number of carbonyl (C=O) groups excluding carboxylic acids is 1. The standard InChI is InChI=1S/C21H25F2N3O3S/c1-16(17-3-5-18(22)6-4-17)24-21(27)15-25-11-2-12-26(14-13-25)30(28,29)20-9-7-19(23)8-10-20/h3-10,16H,2,11-15H2,1H3,(H,24,27)/t16-/m0/s1. The Bertz CT molecular complexity index is 966. The van der Waals surface area contributed by atoms with Crippen molar-refractivity contribution in [2.75, 3.05) is 32.7 Å². The number of benzene rings is 2. The van der Waals surface area contributed by atoms with Gasteiger partial charge in [-0.15, -0.1) is 0 Å². The predicted octanol–water partition coefficient (Wildman–Crippen LogP) is 2.54. The van der Waals surface area contributed by atoms with Crippen molar-refractivity contribution < 1.29 is 22.0 Å². The van der Waals surface area contributed by atoms with Crippen LogP contribution in [0.2, 0.25) is 0 Å². The molecule has 3 rings (SSSR count). The molecule has 1 N–H and O–H groups in total. The Labute approximate surface area is 175 Å². The fourth-order valence-electron chi connectivity index (χ4n) is 3.43. The van der Waals surface area contributed by atoms with Gasteiger partial charge in [0.05, 0.1) is 17.5 Å². The second kappa shape index (κ2) is 9.63. The van der Waals surface area contributed by atoms with Crippen LogP contribution in [0.5, 0.6) is 0 Å². The minimum Gasteiger partial charge on any atom is -0.348 e. The van der Waals surface area contributed by atoms with Crippen LogP contribution in [-0.2, 0) is 14.8 Å². The Balaban J connectivity index is 1.55. The molecule has 1 atom stereocenters. The first-order valence-corrected chi connectivity index (χ1v) is 11.2. The summed E-state index contributed by atoms with van der Waals surface area (Å²) in [6, 6.07) is 10.5. The molecule has 1 saturated heterocycles. The molecular formula is C21H25F2N3O3S. The Kier molecular flexibility index (Phi) is 7.17. The number of hydrogen-bond acceptors (Lipinski definition) is 4. The van der Waals surface area contributed by atoms with E-state index in [1.165, 1.54) is 28.6 Å². The zero-order valence-corrected chi connectivity index (χ0v) is 17.5. The Hall–Kier alpha value is -2.36. The number of amides is 1. The molecular weight excluding hydrogens is 412 g/mol. The second-order valence-electron chi connectivity index (χ2n) is 7.33. The summed E-state index contributed by atoms with van der Waals surface area (Å²) in [5.74, 6) is -1.000. The van der Waals surface area contributed by atoms with Gasteiger partial charge in [0.1, 0.15) is 11.6 Å². The van der Waals surface area contributed by atoms with Crippen molar-refractivity contribution in [2.45, 2.75) is 24.3 Å². The molecule has 0 aromatic heterocycles. The minimum absolute atomic E-state index is 0.0585. The SMILES string of the molecule is C[C@H](NC(=O)CN1CCCN(S(=O)(=O)c2ccc(F)cc2)CC1)c1ccc(F)cc1. The van der Waals surface area contributed by atoms with Gasteiger partial charge < -0.3 is 5.32 Å². The Morgan fingerprint density at radius 3 is 2.20 bits per heavy atom. The van der Waals surface area contributed by atoms with Crippen LogP contribution in [0.1, 0.15) is 24.9 Å². The molecule has 0 unspecified atom stereocenters. The smallest absolute Gasteiger partial charge is 0.243 e. The average Bonchev–Trinajstić information content (AvgIpc) is 2.94. The van der Waals surface area contributed by atoms with Crippen LogP contribution >= 0.6 is 0 Å². The first-order valence-electron chi connectivity index (χ1n) is 9.78. The molecule has 1 fully saturated rings. The molecule has 6 nitrogen and oxygen atoms in total. The van der Waals surface area contributed by atoms with Crippen LogP contribution < -0.4 is 5.32 Å². The Morgan fingerprint density at radius 1 is 0.967 bits per heavy atom. The molecule has 0 bridgehead atoms. The van der Waals surface area contributed by atoms with E-state index in [4.69, 9.17) is 0 Å². The van der Waals surface area contributed by atoms with E-state index >= 15 is 0 Å². The van der Waals surface area contributed by atoms with Gasteiger partial charge in [-0.1, -0.05) is 12.1 Å². The number of nitrogens with zero attached hydrogens (tertiary/aromatic N) is 2. The summed E-state index contributed by atoms with van der Waals surface area (Å²) >= 11 is 0. The highest BCUT2D eigenvalue weighted by molar-refractivity contribution is 7.89. The summed E-state index contributed by atoms with van der Waals surface area (Å²) in [6.45, 7) is 3.57. The van der Waals surface area contributed by atoms with Gasteiger partial charge in [0, 0.05) is 19.6 Å². The van der Waals surface area contributed by atoms with E-state index in [1.807, 2.05) is 11.8 Å². The van der Waals surface area contributed by atoms with E-state index in [0.29, 0.717) is 26.1 Å². The topological polar surface area (TPSA) is 69.7 Å². The third kappa shape index (κ3) is 5.62. The maximum atomic E-state index is 13.1. The number of nitrogens with one attached hydrogen (secondary N) is 1. The molecule has 1 aliphatic heterocycles. The van der Waals surface area contributed by atoms with Gasteiger partial charge in [-0.2, -0.15) is 4.31 Å². The maximum Gasteiger partial charge on any atom is 0.243 e.